The molecule has 24 heavy (non-hydrogen) atoms. The van der Waals surface area contributed by atoms with Gasteiger partial charge in [0.2, 0.25) is 0 Å². The molecule has 0 radical (unpaired) electrons. The van der Waals surface area contributed by atoms with Gasteiger partial charge < -0.3 is 15.0 Å². The molecule has 1 N–H and O–H groups in total. The zero-order valence-electron chi connectivity index (χ0n) is 15.8. The number of piperidine rings is 1. The van der Waals surface area contributed by atoms with Crippen molar-refractivity contribution < 1.29 is 9.53 Å². The van der Waals surface area contributed by atoms with Crippen LogP contribution in [0.15, 0.2) is 18.2 Å². The van der Waals surface area contributed by atoms with Gasteiger partial charge in [-0.1, -0.05) is 19.9 Å². The molecule has 134 valence electrons. The summed E-state index contributed by atoms with van der Waals surface area (Å²) in [6.07, 6.45) is 1.82. The van der Waals surface area contributed by atoms with Crippen LogP contribution in [-0.2, 0) is 4.79 Å². The summed E-state index contributed by atoms with van der Waals surface area (Å²) in [5.74, 6) is 1.92. The van der Waals surface area contributed by atoms with E-state index in [1.54, 1.807) is 0 Å². The molecule has 2 atom stereocenters. The molecule has 1 fully saturated rings. The number of nitrogens with zero attached hydrogens (tertiary/aromatic N) is 1. The first kappa shape index (κ1) is 18.8. The Morgan fingerprint density at radius 2 is 2.12 bits per heavy atom. The standard InChI is InChI=1S/C20H32N2O2/c1-14(2)19-9-8-18(11-15(19)3)24-16(4)20(23)22-10-6-7-17(13-22)12-21-5/h8-9,11,14,16-17,21H,6-7,10,12-13H2,1-5H3. The largest absolute Gasteiger partial charge is 0.481 e. The third-order valence-electron chi connectivity index (χ3n) is 4.85. The second-order valence-corrected chi connectivity index (χ2v) is 7.28. The van der Waals surface area contributed by atoms with Crippen LogP contribution in [-0.4, -0.2) is 43.6 Å². The highest BCUT2D eigenvalue weighted by molar-refractivity contribution is 5.81. The molecule has 1 amide bonds. The van der Waals surface area contributed by atoms with E-state index in [-0.39, 0.29) is 5.91 Å². The Balaban J connectivity index is 1.97. The molecule has 1 heterocycles. The van der Waals surface area contributed by atoms with Crippen molar-refractivity contribution in [2.75, 3.05) is 26.7 Å². The molecule has 1 aliphatic heterocycles. The van der Waals surface area contributed by atoms with E-state index < -0.39 is 6.10 Å². The summed E-state index contributed by atoms with van der Waals surface area (Å²) in [7, 11) is 1.97. The van der Waals surface area contributed by atoms with Crippen LogP contribution < -0.4 is 10.1 Å². The van der Waals surface area contributed by atoms with Crippen molar-refractivity contribution in [1.82, 2.24) is 10.2 Å². The summed E-state index contributed by atoms with van der Waals surface area (Å²) in [5.41, 5.74) is 2.54. The predicted octanol–water partition coefficient (Wildman–Crippen LogP) is 3.34. The van der Waals surface area contributed by atoms with E-state index in [2.05, 4.69) is 32.2 Å². The fraction of sp³-hybridized carbons (Fsp3) is 0.650. The number of hydrogen-bond acceptors (Lipinski definition) is 3. The van der Waals surface area contributed by atoms with Crippen LogP contribution in [0.1, 0.15) is 50.7 Å². The zero-order valence-corrected chi connectivity index (χ0v) is 15.8. The summed E-state index contributed by atoms with van der Waals surface area (Å²) >= 11 is 0. The summed E-state index contributed by atoms with van der Waals surface area (Å²) in [4.78, 5) is 14.7. The molecule has 0 saturated carbocycles. The molecule has 1 aromatic carbocycles. The van der Waals surface area contributed by atoms with E-state index in [1.165, 1.54) is 17.5 Å². The summed E-state index contributed by atoms with van der Waals surface area (Å²) in [5, 5.41) is 3.22. The Hall–Kier alpha value is -1.55. The molecule has 1 aliphatic rings. The number of carbonyl (C=O) groups is 1. The van der Waals surface area contributed by atoms with E-state index in [1.807, 2.05) is 31.0 Å². The molecule has 0 aromatic heterocycles. The molecule has 2 unspecified atom stereocenters. The number of likely N-dealkylation sites (tertiary alicyclic amines) is 1. The van der Waals surface area contributed by atoms with Gasteiger partial charge in [-0.3, -0.25) is 4.79 Å². The first-order chi connectivity index (χ1) is 11.4. The van der Waals surface area contributed by atoms with Gasteiger partial charge in [0, 0.05) is 13.1 Å². The predicted molar refractivity (Wildman–Crippen MR) is 98.6 cm³/mol. The van der Waals surface area contributed by atoms with Gasteiger partial charge >= 0.3 is 0 Å². The second kappa shape index (κ2) is 8.52. The Labute approximate surface area is 146 Å². The van der Waals surface area contributed by atoms with Gasteiger partial charge in [-0.15, -0.1) is 0 Å². The molecule has 2 rings (SSSR count). The summed E-state index contributed by atoms with van der Waals surface area (Å²) in [6.45, 7) is 11.0. The van der Waals surface area contributed by atoms with Crippen LogP contribution in [0.2, 0.25) is 0 Å². The zero-order chi connectivity index (χ0) is 17.7. The van der Waals surface area contributed by atoms with Crippen molar-refractivity contribution in [2.45, 2.75) is 52.6 Å². The molecule has 0 bridgehead atoms. The van der Waals surface area contributed by atoms with Crippen molar-refractivity contribution in [3.05, 3.63) is 29.3 Å². The topological polar surface area (TPSA) is 41.6 Å². The van der Waals surface area contributed by atoms with Gasteiger partial charge in [-0.05, 0) is 75.4 Å². The third kappa shape index (κ3) is 4.73. The molecule has 4 nitrogen and oxygen atoms in total. The monoisotopic (exact) mass is 332 g/mol. The maximum Gasteiger partial charge on any atom is 0.263 e. The Morgan fingerprint density at radius 3 is 2.75 bits per heavy atom. The summed E-state index contributed by atoms with van der Waals surface area (Å²) in [6, 6.07) is 6.13. The van der Waals surface area contributed by atoms with Crippen LogP contribution in [0.5, 0.6) is 5.75 Å². The van der Waals surface area contributed by atoms with Gasteiger partial charge in [-0.2, -0.15) is 0 Å². The number of aryl methyl sites for hydroxylation is 1. The highest BCUT2D eigenvalue weighted by Gasteiger charge is 2.27. The maximum absolute atomic E-state index is 12.7. The van der Waals surface area contributed by atoms with Crippen LogP contribution in [0, 0.1) is 12.8 Å². The number of carbonyl (C=O) groups excluding carboxylic acids is 1. The van der Waals surface area contributed by atoms with E-state index in [4.69, 9.17) is 4.74 Å². The highest BCUT2D eigenvalue weighted by Crippen LogP contribution is 2.25. The Morgan fingerprint density at radius 1 is 1.38 bits per heavy atom. The quantitative estimate of drug-likeness (QED) is 0.869. The number of ether oxygens (including phenoxy) is 1. The second-order valence-electron chi connectivity index (χ2n) is 7.28. The fourth-order valence-electron chi connectivity index (χ4n) is 3.60. The van der Waals surface area contributed by atoms with Crippen molar-refractivity contribution in [3.63, 3.8) is 0 Å². The number of amides is 1. The Kier molecular flexibility index (Phi) is 6.67. The van der Waals surface area contributed by atoms with E-state index >= 15 is 0 Å². The third-order valence-corrected chi connectivity index (χ3v) is 4.85. The van der Waals surface area contributed by atoms with Crippen molar-refractivity contribution in [1.29, 1.82) is 0 Å². The molecular weight excluding hydrogens is 300 g/mol. The van der Waals surface area contributed by atoms with E-state index in [0.717, 1.165) is 31.8 Å². The average Bonchev–Trinajstić information content (AvgIpc) is 2.54. The lowest BCUT2D eigenvalue weighted by Crippen LogP contribution is -2.47. The van der Waals surface area contributed by atoms with Crippen LogP contribution >= 0.6 is 0 Å². The van der Waals surface area contributed by atoms with Crippen LogP contribution in [0.25, 0.3) is 0 Å². The van der Waals surface area contributed by atoms with Crippen molar-refractivity contribution in [3.8, 4) is 5.75 Å². The van der Waals surface area contributed by atoms with Gasteiger partial charge in [0.05, 0.1) is 0 Å². The number of nitrogens with one attached hydrogen (secondary N) is 1. The minimum atomic E-state index is -0.442. The summed E-state index contributed by atoms with van der Waals surface area (Å²) < 4.78 is 5.93. The highest BCUT2D eigenvalue weighted by atomic mass is 16.5. The lowest BCUT2D eigenvalue weighted by atomic mass is 9.97. The van der Waals surface area contributed by atoms with Gasteiger partial charge in [0.15, 0.2) is 6.10 Å². The number of hydrogen-bond donors (Lipinski definition) is 1. The van der Waals surface area contributed by atoms with Crippen molar-refractivity contribution >= 4 is 5.91 Å². The Bertz CT molecular complexity index is 555. The SMILES string of the molecule is CNCC1CCCN(C(=O)C(C)Oc2ccc(C(C)C)c(C)c2)C1. The smallest absolute Gasteiger partial charge is 0.263 e. The molecule has 1 saturated heterocycles. The minimum Gasteiger partial charge on any atom is -0.481 e. The molecule has 0 spiro atoms. The minimum absolute atomic E-state index is 0.0985. The lowest BCUT2D eigenvalue weighted by molar-refractivity contribution is -0.139. The first-order valence-electron chi connectivity index (χ1n) is 9.13. The molecule has 1 aromatic rings. The first-order valence-corrected chi connectivity index (χ1v) is 9.13. The van der Waals surface area contributed by atoms with Crippen LogP contribution in [0.3, 0.4) is 0 Å². The molecule has 4 heteroatoms. The van der Waals surface area contributed by atoms with Gasteiger partial charge in [-0.25, -0.2) is 0 Å². The van der Waals surface area contributed by atoms with E-state index in [9.17, 15) is 4.79 Å². The van der Waals surface area contributed by atoms with Crippen LogP contribution in [0.4, 0.5) is 0 Å². The van der Waals surface area contributed by atoms with E-state index in [0.29, 0.717) is 11.8 Å². The molecule has 0 aliphatic carbocycles. The maximum atomic E-state index is 12.7. The van der Waals surface area contributed by atoms with Gasteiger partial charge in [0.25, 0.3) is 5.91 Å². The number of benzene rings is 1. The normalized spacial score (nSPS) is 19.4. The lowest BCUT2D eigenvalue weighted by Gasteiger charge is -2.34. The van der Waals surface area contributed by atoms with Gasteiger partial charge in [0.1, 0.15) is 5.75 Å². The molecular formula is C20H32N2O2. The number of rotatable bonds is 6. The average molecular weight is 332 g/mol. The van der Waals surface area contributed by atoms with Crippen molar-refractivity contribution in [2.24, 2.45) is 5.92 Å². The fourth-order valence-corrected chi connectivity index (χ4v) is 3.60.